The summed E-state index contributed by atoms with van der Waals surface area (Å²) in [5.74, 6) is 0.446. The van der Waals surface area contributed by atoms with Gasteiger partial charge in [0.2, 0.25) is 5.91 Å². The second-order valence-electron chi connectivity index (χ2n) is 6.07. The van der Waals surface area contributed by atoms with E-state index in [1.165, 1.54) is 5.56 Å². The fourth-order valence-electron chi connectivity index (χ4n) is 2.81. The highest BCUT2D eigenvalue weighted by Gasteiger charge is 2.26. The first-order chi connectivity index (χ1) is 10.0. The zero-order valence-corrected chi connectivity index (χ0v) is 13.2. The minimum Gasteiger partial charge on any atom is -0.396 e. The van der Waals surface area contributed by atoms with Crippen LogP contribution in [0.15, 0.2) is 18.2 Å². The normalized spacial score (nSPS) is 18.5. The predicted molar refractivity (Wildman–Crippen MR) is 85.4 cm³/mol. The fourth-order valence-corrected chi connectivity index (χ4v) is 2.81. The van der Waals surface area contributed by atoms with Gasteiger partial charge in [0.05, 0.1) is 6.04 Å². The van der Waals surface area contributed by atoms with E-state index < -0.39 is 0 Å². The van der Waals surface area contributed by atoms with Crippen molar-refractivity contribution in [2.45, 2.75) is 39.7 Å². The van der Waals surface area contributed by atoms with E-state index in [-0.39, 0.29) is 18.6 Å². The van der Waals surface area contributed by atoms with Gasteiger partial charge in [-0.1, -0.05) is 12.1 Å². The van der Waals surface area contributed by atoms with Crippen LogP contribution in [0.25, 0.3) is 0 Å². The maximum Gasteiger partial charge on any atom is 0.241 e. The molecule has 4 heteroatoms. The Labute approximate surface area is 127 Å². The second kappa shape index (κ2) is 7.05. The van der Waals surface area contributed by atoms with Crippen molar-refractivity contribution < 1.29 is 9.90 Å². The summed E-state index contributed by atoms with van der Waals surface area (Å²) in [7, 11) is 0. The van der Waals surface area contributed by atoms with Crippen molar-refractivity contribution in [1.82, 2.24) is 4.90 Å². The average molecular weight is 290 g/mol. The summed E-state index contributed by atoms with van der Waals surface area (Å²) in [6, 6.07) is 5.83. The summed E-state index contributed by atoms with van der Waals surface area (Å²) in [5, 5.41) is 12.2. The number of aliphatic hydroxyl groups excluding tert-OH is 1. The van der Waals surface area contributed by atoms with Gasteiger partial charge in [-0.2, -0.15) is 0 Å². The molecule has 0 aliphatic carbocycles. The lowest BCUT2D eigenvalue weighted by atomic mass is 9.97. The summed E-state index contributed by atoms with van der Waals surface area (Å²) in [5.41, 5.74) is 3.21. The molecule has 1 fully saturated rings. The lowest BCUT2D eigenvalue weighted by Crippen LogP contribution is -2.46. The molecule has 1 amide bonds. The van der Waals surface area contributed by atoms with Crippen molar-refractivity contribution in [3.05, 3.63) is 29.3 Å². The topological polar surface area (TPSA) is 52.6 Å². The number of nitrogens with one attached hydrogen (secondary N) is 1. The quantitative estimate of drug-likeness (QED) is 0.895. The van der Waals surface area contributed by atoms with Crippen molar-refractivity contribution in [1.29, 1.82) is 0 Å². The Balaban J connectivity index is 1.95. The number of aryl methyl sites for hydroxylation is 1. The molecule has 21 heavy (non-hydrogen) atoms. The van der Waals surface area contributed by atoms with Gasteiger partial charge in [0.25, 0.3) is 0 Å². The number of nitrogens with zero attached hydrogens (tertiary/aromatic N) is 1. The third-order valence-electron chi connectivity index (χ3n) is 4.70. The highest BCUT2D eigenvalue weighted by Crippen LogP contribution is 2.21. The minimum absolute atomic E-state index is 0.0474. The molecule has 0 aromatic heterocycles. The molecule has 1 unspecified atom stereocenters. The van der Waals surface area contributed by atoms with Crippen molar-refractivity contribution in [3.63, 3.8) is 0 Å². The molecule has 1 aromatic carbocycles. The highest BCUT2D eigenvalue weighted by molar-refractivity contribution is 5.95. The van der Waals surface area contributed by atoms with E-state index in [4.69, 9.17) is 0 Å². The van der Waals surface area contributed by atoms with Gasteiger partial charge in [-0.25, -0.2) is 0 Å². The third-order valence-corrected chi connectivity index (χ3v) is 4.70. The zero-order chi connectivity index (χ0) is 15.4. The highest BCUT2D eigenvalue weighted by atomic mass is 16.3. The number of likely N-dealkylation sites (tertiary alicyclic amines) is 1. The number of benzene rings is 1. The number of rotatable bonds is 4. The lowest BCUT2D eigenvalue weighted by molar-refractivity contribution is -0.121. The van der Waals surface area contributed by atoms with Crippen molar-refractivity contribution in [2.75, 3.05) is 25.0 Å². The molecule has 1 heterocycles. The third kappa shape index (κ3) is 3.83. The Morgan fingerprint density at radius 3 is 2.67 bits per heavy atom. The summed E-state index contributed by atoms with van der Waals surface area (Å²) >= 11 is 0. The first-order valence-electron chi connectivity index (χ1n) is 7.75. The van der Waals surface area contributed by atoms with E-state index in [9.17, 15) is 9.90 Å². The summed E-state index contributed by atoms with van der Waals surface area (Å²) in [6.07, 6.45) is 1.94. The van der Waals surface area contributed by atoms with Gasteiger partial charge >= 0.3 is 0 Å². The van der Waals surface area contributed by atoms with Crippen LogP contribution in [0, 0.1) is 19.8 Å². The second-order valence-corrected chi connectivity index (χ2v) is 6.07. The number of aliphatic hydroxyl groups is 1. The fraction of sp³-hybridized carbons (Fsp3) is 0.588. The van der Waals surface area contributed by atoms with Gasteiger partial charge in [-0.15, -0.1) is 0 Å². The van der Waals surface area contributed by atoms with Crippen LogP contribution >= 0.6 is 0 Å². The SMILES string of the molecule is Cc1cccc(NC(=O)C(C)N2CCC(CO)CC2)c1C. The number of carbonyl (C=O) groups is 1. The number of hydrogen-bond donors (Lipinski definition) is 2. The molecule has 4 nitrogen and oxygen atoms in total. The lowest BCUT2D eigenvalue weighted by Gasteiger charge is -2.34. The van der Waals surface area contributed by atoms with Crippen LogP contribution < -0.4 is 5.32 Å². The Bertz CT molecular complexity index is 494. The number of piperidine rings is 1. The molecule has 1 atom stereocenters. The summed E-state index contributed by atoms with van der Waals surface area (Å²) < 4.78 is 0. The van der Waals surface area contributed by atoms with Gasteiger partial charge in [0.15, 0.2) is 0 Å². The van der Waals surface area contributed by atoms with Crippen molar-refractivity contribution in [2.24, 2.45) is 5.92 Å². The maximum absolute atomic E-state index is 12.4. The summed E-state index contributed by atoms with van der Waals surface area (Å²) in [6.45, 7) is 8.06. The van der Waals surface area contributed by atoms with E-state index in [0.29, 0.717) is 5.92 Å². The maximum atomic E-state index is 12.4. The molecule has 0 radical (unpaired) electrons. The first-order valence-corrected chi connectivity index (χ1v) is 7.75. The molecular weight excluding hydrogens is 264 g/mol. The molecule has 0 spiro atoms. The number of anilines is 1. The van der Waals surface area contributed by atoms with Gasteiger partial charge < -0.3 is 10.4 Å². The molecule has 1 aromatic rings. The van der Waals surface area contributed by atoms with E-state index in [0.717, 1.165) is 37.2 Å². The van der Waals surface area contributed by atoms with Crippen LogP contribution in [-0.4, -0.2) is 41.7 Å². The number of carbonyl (C=O) groups excluding carboxylic acids is 1. The molecule has 0 bridgehead atoms. The van der Waals surface area contributed by atoms with E-state index >= 15 is 0 Å². The molecule has 1 aliphatic rings. The molecule has 1 saturated heterocycles. The number of amides is 1. The minimum atomic E-state index is -0.135. The van der Waals surface area contributed by atoms with E-state index in [1.807, 2.05) is 39.0 Å². The summed E-state index contributed by atoms with van der Waals surface area (Å²) in [4.78, 5) is 14.6. The van der Waals surface area contributed by atoms with Crippen molar-refractivity contribution in [3.8, 4) is 0 Å². The first kappa shape index (κ1) is 16.0. The van der Waals surface area contributed by atoms with Gasteiger partial charge in [0, 0.05) is 12.3 Å². The van der Waals surface area contributed by atoms with Gasteiger partial charge in [-0.3, -0.25) is 9.69 Å². The Hall–Kier alpha value is -1.39. The molecular formula is C17H26N2O2. The average Bonchev–Trinajstić information content (AvgIpc) is 2.51. The van der Waals surface area contributed by atoms with Crippen LogP contribution in [0.2, 0.25) is 0 Å². The Morgan fingerprint density at radius 1 is 1.38 bits per heavy atom. The largest absolute Gasteiger partial charge is 0.396 e. The molecule has 0 saturated carbocycles. The van der Waals surface area contributed by atoms with Crippen LogP contribution in [0.5, 0.6) is 0 Å². The van der Waals surface area contributed by atoms with Crippen LogP contribution in [0.3, 0.4) is 0 Å². The van der Waals surface area contributed by atoms with Crippen LogP contribution in [-0.2, 0) is 4.79 Å². The number of hydrogen-bond acceptors (Lipinski definition) is 3. The molecule has 2 rings (SSSR count). The smallest absolute Gasteiger partial charge is 0.241 e. The van der Waals surface area contributed by atoms with Crippen LogP contribution in [0.1, 0.15) is 30.9 Å². The Kier molecular flexibility index (Phi) is 5.37. The van der Waals surface area contributed by atoms with Gasteiger partial charge in [0.1, 0.15) is 0 Å². The van der Waals surface area contributed by atoms with Gasteiger partial charge in [-0.05, 0) is 69.8 Å². The molecule has 2 N–H and O–H groups in total. The zero-order valence-electron chi connectivity index (χ0n) is 13.2. The van der Waals surface area contributed by atoms with Crippen LogP contribution in [0.4, 0.5) is 5.69 Å². The molecule has 116 valence electrons. The predicted octanol–water partition coefficient (Wildman–Crippen LogP) is 2.33. The van der Waals surface area contributed by atoms with E-state index in [1.54, 1.807) is 0 Å². The van der Waals surface area contributed by atoms with E-state index in [2.05, 4.69) is 10.2 Å². The molecule has 1 aliphatic heterocycles. The Morgan fingerprint density at radius 2 is 2.05 bits per heavy atom. The standard InChI is InChI=1S/C17H26N2O2/c1-12-5-4-6-16(13(12)2)18-17(21)14(3)19-9-7-15(11-20)8-10-19/h4-6,14-15,20H,7-11H2,1-3H3,(H,18,21). The van der Waals surface area contributed by atoms with Crippen molar-refractivity contribution >= 4 is 11.6 Å². The monoisotopic (exact) mass is 290 g/mol.